The predicted molar refractivity (Wildman–Crippen MR) is 83.0 cm³/mol. The average molecular weight is 309 g/mol. The fraction of sp³-hybridized carbons (Fsp3) is 0.385. The first-order valence-corrected chi connectivity index (χ1v) is 6.89. The maximum absolute atomic E-state index is 13.2. The minimum atomic E-state index is -1.19. The third-order valence-corrected chi connectivity index (χ3v) is 4.06. The first-order valence-electron chi connectivity index (χ1n) is 6.48. The van der Waals surface area contributed by atoms with E-state index in [1.165, 1.54) is 31.3 Å². The quantitative estimate of drug-likeness (QED) is 0.401. The summed E-state index contributed by atoms with van der Waals surface area (Å²) in [6.07, 6.45) is 1.59. The zero-order valence-electron chi connectivity index (χ0n) is 11.4. The highest BCUT2D eigenvalue weighted by molar-refractivity contribution is 7.80. The molecule has 1 aliphatic carbocycles. The Morgan fingerprint density at radius 1 is 1.43 bits per heavy atom. The minimum absolute atomic E-state index is 0.121. The van der Waals surface area contributed by atoms with Crippen molar-refractivity contribution in [1.82, 2.24) is 9.96 Å². The van der Waals surface area contributed by atoms with E-state index in [1.807, 2.05) is 0 Å². The summed E-state index contributed by atoms with van der Waals surface area (Å²) in [6, 6.07) is 3.95. The summed E-state index contributed by atoms with van der Waals surface area (Å²) in [6.45, 7) is 0. The zero-order chi connectivity index (χ0) is 15.6. The van der Waals surface area contributed by atoms with Crippen LogP contribution in [0.4, 0.5) is 16.2 Å². The molecular formula is C13H15N3O4S. The molecule has 1 saturated carbocycles. The molecule has 0 unspecified atom stereocenters. The molecule has 8 heteroatoms. The van der Waals surface area contributed by atoms with Gasteiger partial charge in [-0.1, -0.05) is 12.2 Å². The normalized spacial score (nSPS) is 20.9. The van der Waals surface area contributed by atoms with Gasteiger partial charge in [-0.2, -0.15) is 0 Å². The summed E-state index contributed by atoms with van der Waals surface area (Å²) in [5, 5.41) is 26.2. The molecule has 2 rings (SSSR count). The maximum Gasteiger partial charge on any atom is 0.421 e. The van der Waals surface area contributed by atoms with Crippen molar-refractivity contribution >= 4 is 34.5 Å². The van der Waals surface area contributed by atoms with E-state index in [1.54, 1.807) is 0 Å². The molecule has 0 radical (unpaired) electrons. The second kappa shape index (κ2) is 5.84. The van der Waals surface area contributed by atoms with Crippen LogP contribution in [0.15, 0.2) is 24.3 Å². The zero-order valence-corrected chi connectivity index (χ0v) is 12.3. The number of carbonyl (C=O) groups is 1. The Kier molecular flexibility index (Phi) is 4.31. The van der Waals surface area contributed by atoms with E-state index < -0.39 is 21.6 Å². The van der Waals surface area contributed by atoms with Gasteiger partial charge in [0.25, 0.3) is 5.69 Å². The van der Waals surface area contributed by atoms with Gasteiger partial charge in [-0.3, -0.25) is 10.1 Å². The van der Waals surface area contributed by atoms with Crippen LogP contribution in [0.25, 0.3) is 0 Å². The molecule has 112 valence electrons. The summed E-state index contributed by atoms with van der Waals surface area (Å²) < 4.78 is -1.19. The summed E-state index contributed by atoms with van der Waals surface area (Å²) in [7, 11) is 1.39. The number of benzene rings is 1. The summed E-state index contributed by atoms with van der Waals surface area (Å²) in [5.41, 5.74) is 0.0544. The third kappa shape index (κ3) is 2.78. The van der Waals surface area contributed by atoms with Gasteiger partial charge in [0.2, 0.25) is 0 Å². The molecule has 1 aromatic rings. The Morgan fingerprint density at radius 2 is 2.05 bits per heavy atom. The van der Waals surface area contributed by atoms with Gasteiger partial charge in [0.1, 0.15) is 11.7 Å². The van der Waals surface area contributed by atoms with Gasteiger partial charge in [0.05, 0.1) is 4.92 Å². The third-order valence-electron chi connectivity index (χ3n) is 3.69. The van der Waals surface area contributed by atoms with Crippen molar-refractivity contribution in [3.05, 3.63) is 39.6 Å². The van der Waals surface area contributed by atoms with E-state index in [4.69, 9.17) is 12.2 Å². The topological polar surface area (TPSA) is 95.3 Å². The molecular weight excluding hydrogens is 294 g/mol. The SMILES string of the molecule is CNC(=O)[N@+]([O-])(c1ccc([N+](=O)[O-])cc1)[C@@H]1CCC(=S)C1. The fourth-order valence-corrected chi connectivity index (χ4v) is 2.87. The number of hydrogen-bond donors (Lipinski definition) is 1. The van der Waals surface area contributed by atoms with E-state index in [2.05, 4.69) is 5.32 Å². The van der Waals surface area contributed by atoms with Crippen LogP contribution >= 0.6 is 12.2 Å². The molecule has 0 aliphatic heterocycles. The van der Waals surface area contributed by atoms with Crippen LogP contribution in [-0.4, -0.2) is 28.9 Å². The number of nitro groups is 1. The van der Waals surface area contributed by atoms with Crippen molar-refractivity contribution < 1.29 is 9.72 Å². The summed E-state index contributed by atoms with van der Waals surface area (Å²) in [4.78, 5) is 23.0. The Balaban J connectivity index is 2.42. The van der Waals surface area contributed by atoms with Crippen LogP contribution in [-0.2, 0) is 0 Å². The number of quaternary nitrogens is 1. The standard InChI is InChI=1S/C13H15N3O4S/c1-14-13(17)16(20,11-6-7-12(21)8-11)10-4-2-9(3-5-10)15(18)19/h2-5,11H,6-8H2,1H3,(H,14,17)/t11-,16+/m1/s1. The molecule has 0 heterocycles. The number of nitrogens with one attached hydrogen (secondary N) is 1. The van der Waals surface area contributed by atoms with Crippen molar-refractivity contribution in [1.29, 1.82) is 0 Å². The number of carbonyl (C=O) groups excluding carboxylic acids is 1. The Labute approximate surface area is 126 Å². The highest BCUT2D eigenvalue weighted by atomic mass is 32.1. The molecule has 0 aromatic heterocycles. The van der Waals surface area contributed by atoms with E-state index >= 15 is 0 Å². The first kappa shape index (κ1) is 15.5. The number of amides is 2. The number of hydrogen-bond acceptors (Lipinski definition) is 5. The Hall–Kier alpha value is -1.90. The summed E-state index contributed by atoms with van der Waals surface area (Å²) >= 11 is 5.12. The minimum Gasteiger partial charge on any atom is -0.618 e. The molecule has 0 bridgehead atoms. The van der Waals surface area contributed by atoms with Crippen LogP contribution in [0.5, 0.6) is 0 Å². The van der Waals surface area contributed by atoms with E-state index in [9.17, 15) is 20.1 Å². The number of hydroxylamine groups is 2. The number of urea groups is 1. The average Bonchev–Trinajstić information content (AvgIpc) is 2.92. The van der Waals surface area contributed by atoms with Gasteiger partial charge in [-0.15, -0.1) is 0 Å². The smallest absolute Gasteiger partial charge is 0.421 e. The second-order valence-electron chi connectivity index (χ2n) is 4.92. The monoisotopic (exact) mass is 309 g/mol. The largest absolute Gasteiger partial charge is 0.618 e. The van der Waals surface area contributed by atoms with Gasteiger partial charge in [-0.25, -0.2) is 9.44 Å². The number of nitro benzene ring substituents is 1. The fourth-order valence-electron chi connectivity index (χ4n) is 2.56. The first-order chi connectivity index (χ1) is 9.89. The van der Waals surface area contributed by atoms with Gasteiger partial charge < -0.3 is 10.5 Å². The number of nitrogens with zero attached hydrogens (tertiary/aromatic N) is 2. The second-order valence-corrected chi connectivity index (χ2v) is 5.50. The summed E-state index contributed by atoms with van der Waals surface area (Å²) in [5.74, 6) is 0. The molecule has 1 N–H and O–H groups in total. The van der Waals surface area contributed by atoms with Crippen molar-refractivity contribution in [3.8, 4) is 0 Å². The van der Waals surface area contributed by atoms with Gasteiger partial charge in [0.15, 0.2) is 0 Å². The molecule has 0 spiro atoms. The molecule has 21 heavy (non-hydrogen) atoms. The Bertz CT molecular complexity index is 590. The van der Waals surface area contributed by atoms with Crippen molar-refractivity contribution in [2.24, 2.45) is 0 Å². The molecule has 2 amide bonds. The maximum atomic E-state index is 13.2. The number of rotatable bonds is 3. The van der Waals surface area contributed by atoms with Gasteiger partial charge in [0, 0.05) is 44.2 Å². The van der Waals surface area contributed by atoms with Crippen molar-refractivity contribution in [2.75, 3.05) is 7.05 Å². The van der Waals surface area contributed by atoms with E-state index in [-0.39, 0.29) is 11.4 Å². The van der Waals surface area contributed by atoms with Crippen LogP contribution in [0, 0.1) is 15.3 Å². The van der Waals surface area contributed by atoms with Crippen molar-refractivity contribution in [2.45, 2.75) is 25.3 Å². The molecule has 1 fully saturated rings. The van der Waals surface area contributed by atoms with Crippen LogP contribution in [0.3, 0.4) is 0 Å². The predicted octanol–water partition coefficient (Wildman–Crippen LogP) is 2.66. The van der Waals surface area contributed by atoms with E-state index in [0.29, 0.717) is 19.3 Å². The highest BCUT2D eigenvalue weighted by Crippen LogP contribution is 2.34. The lowest BCUT2D eigenvalue weighted by molar-refractivity contribution is -0.384. The highest BCUT2D eigenvalue weighted by Gasteiger charge is 2.41. The lowest BCUT2D eigenvalue weighted by Gasteiger charge is -2.43. The van der Waals surface area contributed by atoms with Crippen LogP contribution < -0.4 is 9.96 Å². The number of non-ortho nitro benzene ring substituents is 1. The van der Waals surface area contributed by atoms with Crippen LogP contribution in [0.1, 0.15) is 19.3 Å². The number of thiocarbonyl (C=S) groups is 1. The molecule has 1 aliphatic rings. The molecule has 0 saturated heterocycles. The van der Waals surface area contributed by atoms with Gasteiger partial charge in [-0.05, 0) is 11.3 Å². The molecule has 1 aromatic carbocycles. The van der Waals surface area contributed by atoms with Crippen molar-refractivity contribution in [3.63, 3.8) is 0 Å². The lowest BCUT2D eigenvalue weighted by atomic mass is 10.1. The van der Waals surface area contributed by atoms with E-state index in [0.717, 1.165) is 4.86 Å². The lowest BCUT2D eigenvalue weighted by Crippen LogP contribution is -2.59. The Morgan fingerprint density at radius 3 is 2.48 bits per heavy atom. The molecule has 7 nitrogen and oxygen atoms in total. The van der Waals surface area contributed by atoms with Crippen LogP contribution in [0.2, 0.25) is 0 Å². The van der Waals surface area contributed by atoms with Gasteiger partial charge >= 0.3 is 6.03 Å². The molecule has 2 atom stereocenters.